The Morgan fingerprint density at radius 3 is 3.33 bits per heavy atom. The summed E-state index contributed by atoms with van der Waals surface area (Å²) in [6.45, 7) is 1.19. The van der Waals surface area contributed by atoms with Crippen LogP contribution in [0.1, 0.15) is 19.3 Å². The SMILES string of the molecule is C1=CC2=C3CCNC3CCC2=C1. The molecule has 1 fully saturated rings. The van der Waals surface area contributed by atoms with E-state index in [1.54, 1.807) is 16.7 Å². The van der Waals surface area contributed by atoms with E-state index >= 15 is 0 Å². The highest BCUT2D eigenvalue weighted by atomic mass is 14.9. The average Bonchev–Trinajstić information content (AvgIpc) is 2.71. The molecule has 0 spiro atoms. The van der Waals surface area contributed by atoms with Crippen molar-refractivity contribution in [3.05, 3.63) is 34.9 Å². The van der Waals surface area contributed by atoms with Crippen molar-refractivity contribution in [1.29, 1.82) is 0 Å². The van der Waals surface area contributed by atoms with Crippen LogP contribution in [0.4, 0.5) is 0 Å². The Bertz CT molecular complexity index is 307. The van der Waals surface area contributed by atoms with Crippen LogP contribution >= 0.6 is 0 Å². The van der Waals surface area contributed by atoms with Crippen molar-refractivity contribution in [1.82, 2.24) is 5.32 Å². The predicted molar refractivity (Wildman–Crippen MR) is 49.9 cm³/mol. The molecular weight excluding hydrogens is 146 g/mol. The summed E-state index contributed by atoms with van der Waals surface area (Å²) in [6.07, 6.45) is 10.6. The molecule has 3 rings (SSSR count). The van der Waals surface area contributed by atoms with Gasteiger partial charge in [-0.25, -0.2) is 0 Å². The van der Waals surface area contributed by atoms with Gasteiger partial charge in [0.15, 0.2) is 0 Å². The van der Waals surface area contributed by atoms with Crippen molar-refractivity contribution in [3.63, 3.8) is 0 Å². The van der Waals surface area contributed by atoms with Crippen LogP contribution in [0.15, 0.2) is 34.9 Å². The van der Waals surface area contributed by atoms with Crippen LogP contribution in [0, 0.1) is 0 Å². The summed E-state index contributed by atoms with van der Waals surface area (Å²) < 4.78 is 0. The Balaban J connectivity index is 2.12. The second-order valence-corrected chi connectivity index (χ2v) is 3.79. The van der Waals surface area contributed by atoms with Gasteiger partial charge in [-0.1, -0.05) is 18.2 Å². The van der Waals surface area contributed by atoms with Gasteiger partial charge >= 0.3 is 0 Å². The fourth-order valence-corrected chi connectivity index (χ4v) is 2.57. The number of nitrogens with one attached hydrogen (secondary N) is 1. The second-order valence-electron chi connectivity index (χ2n) is 3.79. The minimum absolute atomic E-state index is 0.708. The Morgan fingerprint density at radius 1 is 1.33 bits per heavy atom. The molecule has 1 unspecified atom stereocenters. The van der Waals surface area contributed by atoms with Crippen LogP contribution in [0.25, 0.3) is 0 Å². The van der Waals surface area contributed by atoms with Gasteiger partial charge in [0.05, 0.1) is 0 Å². The topological polar surface area (TPSA) is 12.0 Å². The van der Waals surface area contributed by atoms with E-state index in [1.807, 2.05) is 0 Å². The molecule has 1 heteroatoms. The van der Waals surface area contributed by atoms with Crippen LogP contribution in [-0.2, 0) is 0 Å². The molecule has 0 amide bonds. The van der Waals surface area contributed by atoms with Gasteiger partial charge in [0.1, 0.15) is 0 Å². The predicted octanol–water partition coefficient (Wildman–Crippen LogP) is 1.93. The van der Waals surface area contributed by atoms with Crippen molar-refractivity contribution in [2.75, 3.05) is 6.54 Å². The molecule has 0 aromatic rings. The van der Waals surface area contributed by atoms with Gasteiger partial charge < -0.3 is 5.32 Å². The zero-order chi connectivity index (χ0) is 7.97. The van der Waals surface area contributed by atoms with Gasteiger partial charge in [0.2, 0.25) is 0 Å². The van der Waals surface area contributed by atoms with E-state index in [-0.39, 0.29) is 0 Å². The average molecular weight is 159 g/mol. The molecule has 0 radical (unpaired) electrons. The van der Waals surface area contributed by atoms with Crippen molar-refractivity contribution in [2.45, 2.75) is 25.3 Å². The van der Waals surface area contributed by atoms with Gasteiger partial charge in [-0.15, -0.1) is 0 Å². The maximum Gasteiger partial charge on any atom is 0.0292 e. The molecule has 1 heterocycles. The first kappa shape index (κ1) is 6.67. The van der Waals surface area contributed by atoms with Gasteiger partial charge in [-0.3, -0.25) is 0 Å². The highest BCUT2D eigenvalue weighted by Gasteiger charge is 2.28. The summed E-state index contributed by atoms with van der Waals surface area (Å²) in [7, 11) is 0. The number of hydrogen-bond acceptors (Lipinski definition) is 1. The highest BCUT2D eigenvalue weighted by molar-refractivity contribution is 5.54. The molecular formula is C11H13N. The molecule has 2 aliphatic carbocycles. The quantitative estimate of drug-likeness (QED) is 0.569. The van der Waals surface area contributed by atoms with E-state index in [1.165, 1.54) is 25.8 Å². The van der Waals surface area contributed by atoms with E-state index in [9.17, 15) is 0 Å². The lowest BCUT2D eigenvalue weighted by Crippen LogP contribution is -2.25. The molecule has 0 aromatic carbocycles. The first-order valence-corrected chi connectivity index (χ1v) is 4.79. The fraction of sp³-hybridized carbons (Fsp3) is 0.455. The number of fused-ring (bicyclic) bond motifs is 2. The minimum atomic E-state index is 0.708. The van der Waals surface area contributed by atoms with E-state index in [2.05, 4.69) is 23.5 Å². The smallest absolute Gasteiger partial charge is 0.0292 e. The summed E-state index contributed by atoms with van der Waals surface area (Å²) in [5.74, 6) is 0. The van der Waals surface area contributed by atoms with Crippen LogP contribution < -0.4 is 5.32 Å². The molecule has 0 bridgehead atoms. The third-order valence-corrected chi connectivity index (χ3v) is 3.16. The zero-order valence-electron chi connectivity index (χ0n) is 7.14. The Kier molecular flexibility index (Phi) is 1.30. The van der Waals surface area contributed by atoms with Gasteiger partial charge in [-0.2, -0.15) is 0 Å². The van der Waals surface area contributed by atoms with Crippen molar-refractivity contribution >= 4 is 0 Å². The Morgan fingerprint density at radius 2 is 2.33 bits per heavy atom. The first-order valence-electron chi connectivity index (χ1n) is 4.79. The van der Waals surface area contributed by atoms with Crippen molar-refractivity contribution < 1.29 is 0 Å². The van der Waals surface area contributed by atoms with E-state index in [0.29, 0.717) is 6.04 Å². The molecule has 0 saturated carbocycles. The molecule has 1 nitrogen and oxygen atoms in total. The number of hydrogen-bond donors (Lipinski definition) is 1. The zero-order valence-corrected chi connectivity index (χ0v) is 7.14. The number of rotatable bonds is 0. The molecule has 0 aromatic heterocycles. The van der Waals surface area contributed by atoms with Gasteiger partial charge in [0.25, 0.3) is 0 Å². The monoisotopic (exact) mass is 159 g/mol. The largest absolute Gasteiger partial charge is 0.310 e. The van der Waals surface area contributed by atoms with E-state index < -0.39 is 0 Å². The maximum absolute atomic E-state index is 3.55. The molecule has 1 saturated heterocycles. The highest BCUT2D eigenvalue weighted by Crippen LogP contribution is 2.37. The van der Waals surface area contributed by atoms with Crippen LogP contribution in [0.3, 0.4) is 0 Å². The molecule has 1 aliphatic heterocycles. The number of allylic oxidation sites excluding steroid dienone is 5. The Hall–Kier alpha value is -0.820. The van der Waals surface area contributed by atoms with Crippen molar-refractivity contribution in [3.8, 4) is 0 Å². The lowest BCUT2D eigenvalue weighted by atomic mass is 9.86. The van der Waals surface area contributed by atoms with Crippen LogP contribution in [0.5, 0.6) is 0 Å². The summed E-state index contributed by atoms with van der Waals surface area (Å²) in [4.78, 5) is 0. The van der Waals surface area contributed by atoms with Crippen LogP contribution in [0.2, 0.25) is 0 Å². The third kappa shape index (κ3) is 0.774. The normalized spacial score (nSPS) is 32.0. The van der Waals surface area contributed by atoms with Gasteiger partial charge in [-0.05, 0) is 42.5 Å². The standard InChI is InChI=1S/C11H13N/c1-2-8-4-5-11-10(6-7-12-11)9(8)3-1/h1-3,11-12H,4-7H2. The maximum atomic E-state index is 3.55. The molecule has 62 valence electrons. The second kappa shape index (κ2) is 2.33. The third-order valence-electron chi connectivity index (χ3n) is 3.16. The first-order chi connectivity index (χ1) is 5.95. The van der Waals surface area contributed by atoms with E-state index in [4.69, 9.17) is 0 Å². The Labute approximate surface area is 72.9 Å². The van der Waals surface area contributed by atoms with Crippen molar-refractivity contribution in [2.24, 2.45) is 0 Å². The van der Waals surface area contributed by atoms with Crippen LogP contribution in [-0.4, -0.2) is 12.6 Å². The fourth-order valence-electron chi connectivity index (χ4n) is 2.57. The lowest BCUT2D eigenvalue weighted by molar-refractivity contribution is 0.598. The summed E-state index contributed by atoms with van der Waals surface area (Å²) in [6, 6.07) is 0.708. The lowest BCUT2D eigenvalue weighted by Gasteiger charge is -2.22. The van der Waals surface area contributed by atoms with Gasteiger partial charge in [0, 0.05) is 6.04 Å². The molecule has 1 atom stereocenters. The molecule has 12 heavy (non-hydrogen) atoms. The summed E-state index contributed by atoms with van der Waals surface area (Å²) in [5.41, 5.74) is 4.79. The molecule has 3 aliphatic rings. The molecule has 1 N–H and O–H groups in total. The minimum Gasteiger partial charge on any atom is -0.310 e. The van der Waals surface area contributed by atoms with E-state index in [0.717, 1.165) is 0 Å². The summed E-state index contributed by atoms with van der Waals surface area (Å²) in [5, 5.41) is 3.55. The summed E-state index contributed by atoms with van der Waals surface area (Å²) >= 11 is 0.